The number of amides is 1. The number of carbonyl (C=O) groups excluding carboxylic acids is 1. The van der Waals surface area contributed by atoms with Crippen LogP contribution in [0.3, 0.4) is 0 Å². The number of nitrogens with one attached hydrogen (secondary N) is 2. The van der Waals surface area contributed by atoms with E-state index in [1.807, 2.05) is 0 Å². The van der Waals surface area contributed by atoms with E-state index in [4.69, 9.17) is 0 Å². The molecule has 6 heteroatoms. The molecule has 0 aliphatic carbocycles. The summed E-state index contributed by atoms with van der Waals surface area (Å²) in [4.78, 5) is 15.0. The first-order valence-corrected chi connectivity index (χ1v) is 11.2. The first kappa shape index (κ1) is 27.1. The molecule has 172 valence electrons. The third kappa shape index (κ3) is 7.62. The molecule has 1 aromatic rings. The maximum atomic E-state index is 12.5. The maximum absolute atomic E-state index is 12.5. The normalized spacial score (nSPS) is 19.4. The van der Waals surface area contributed by atoms with E-state index in [2.05, 4.69) is 67.5 Å². The summed E-state index contributed by atoms with van der Waals surface area (Å²) >= 11 is 0. The molecular weight excluding hydrogens is 417 g/mol. The molecular formula is C24H41Cl2N3O. The second kappa shape index (κ2) is 12.2. The highest BCUT2D eigenvalue weighted by Gasteiger charge is 2.25. The van der Waals surface area contributed by atoms with Crippen LogP contribution < -0.4 is 15.5 Å². The Kier molecular flexibility index (Phi) is 11.0. The van der Waals surface area contributed by atoms with Gasteiger partial charge >= 0.3 is 0 Å². The lowest BCUT2D eigenvalue weighted by molar-refractivity contribution is -0.123. The Morgan fingerprint density at radius 3 is 2.17 bits per heavy atom. The summed E-state index contributed by atoms with van der Waals surface area (Å²) in [6.07, 6.45) is 5.17. The molecule has 0 aromatic heterocycles. The number of piperidine rings is 2. The highest BCUT2D eigenvalue weighted by molar-refractivity contribution is 5.85. The van der Waals surface area contributed by atoms with Crippen molar-refractivity contribution in [3.63, 3.8) is 0 Å². The fourth-order valence-corrected chi connectivity index (χ4v) is 4.61. The first-order valence-electron chi connectivity index (χ1n) is 11.2. The molecule has 2 aliphatic heterocycles. The van der Waals surface area contributed by atoms with Gasteiger partial charge in [-0.2, -0.15) is 0 Å². The van der Waals surface area contributed by atoms with Crippen molar-refractivity contribution in [2.45, 2.75) is 71.3 Å². The van der Waals surface area contributed by atoms with Crippen molar-refractivity contribution in [1.82, 2.24) is 10.6 Å². The standard InChI is InChI=1S/C24H39N3O.2ClH/c1-18(19-9-13-25-14-10-19)17-23(28)26-21-11-15-27(16-12-21)22-7-5-20(6-8-22)24(2,3)4;;/h5-8,18-19,21,25H,9-17H2,1-4H3,(H,26,28);2*1H. The van der Waals surface area contributed by atoms with Gasteiger partial charge in [0.05, 0.1) is 0 Å². The van der Waals surface area contributed by atoms with E-state index in [-0.39, 0.29) is 36.1 Å². The van der Waals surface area contributed by atoms with Gasteiger partial charge in [-0.05, 0) is 73.7 Å². The molecule has 2 heterocycles. The average molecular weight is 459 g/mol. The zero-order chi connectivity index (χ0) is 20.1. The van der Waals surface area contributed by atoms with Gasteiger partial charge in [0.1, 0.15) is 0 Å². The quantitative estimate of drug-likeness (QED) is 0.657. The molecule has 2 aliphatic rings. The van der Waals surface area contributed by atoms with Gasteiger partial charge in [-0.25, -0.2) is 0 Å². The second-order valence-electron chi connectivity index (χ2n) is 9.89. The van der Waals surface area contributed by atoms with Crippen LogP contribution in [0.2, 0.25) is 0 Å². The zero-order valence-corrected chi connectivity index (χ0v) is 20.7. The van der Waals surface area contributed by atoms with Gasteiger partial charge in [0.2, 0.25) is 5.91 Å². The van der Waals surface area contributed by atoms with Gasteiger partial charge in [-0.3, -0.25) is 4.79 Å². The van der Waals surface area contributed by atoms with Crippen molar-refractivity contribution in [2.75, 3.05) is 31.1 Å². The van der Waals surface area contributed by atoms with E-state index >= 15 is 0 Å². The van der Waals surface area contributed by atoms with Gasteiger partial charge in [-0.15, -0.1) is 24.8 Å². The average Bonchev–Trinajstić information content (AvgIpc) is 2.68. The minimum atomic E-state index is 0. The second-order valence-corrected chi connectivity index (χ2v) is 9.89. The van der Waals surface area contributed by atoms with Crippen molar-refractivity contribution < 1.29 is 4.79 Å². The first-order chi connectivity index (χ1) is 13.3. The zero-order valence-electron chi connectivity index (χ0n) is 19.1. The summed E-state index contributed by atoms with van der Waals surface area (Å²) in [5.74, 6) is 1.44. The Labute approximate surface area is 195 Å². The van der Waals surface area contributed by atoms with E-state index < -0.39 is 0 Å². The maximum Gasteiger partial charge on any atom is 0.220 e. The molecule has 0 spiro atoms. The van der Waals surface area contributed by atoms with E-state index in [9.17, 15) is 4.79 Å². The summed E-state index contributed by atoms with van der Waals surface area (Å²) in [6, 6.07) is 9.34. The predicted octanol–water partition coefficient (Wildman–Crippen LogP) is 4.94. The molecule has 1 unspecified atom stereocenters. The number of halogens is 2. The largest absolute Gasteiger partial charge is 0.371 e. The highest BCUT2D eigenvalue weighted by atomic mass is 35.5. The molecule has 0 saturated carbocycles. The Morgan fingerprint density at radius 2 is 1.63 bits per heavy atom. The van der Waals surface area contributed by atoms with Crippen LogP contribution in [-0.2, 0) is 10.2 Å². The van der Waals surface area contributed by atoms with E-state index in [1.165, 1.54) is 24.1 Å². The molecule has 4 nitrogen and oxygen atoms in total. The summed E-state index contributed by atoms with van der Waals surface area (Å²) in [5.41, 5.74) is 2.87. The van der Waals surface area contributed by atoms with Crippen LogP contribution in [-0.4, -0.2) is 38.1 Å². The molecule has 2 fully saturated rings. The predicted molar refractivity (Wildman–Crippen MR) is 132 cm³/mol. The minimum Gasteiger partial charge on any atom is -0.371 e. The van der Waals surface area contributed by atoms with Crippen LogP contribution in [0.4, 0.5) is 5.69 Å². The van der Waals surface area contributed by atoms with Crippen LogP contribution in [0.1, 0.15) is 65.4 Å². The molecule has 0 bridgehead atoms. The summed E-state index contributed by atoms with van der Waals surface area (Å²) in [5, 5.41) is 6.72. The summed E-state index contributed by atoms with van der Waals surface area (Å²) < 4.78 is 0. The van der Waals surface area contributed by atoms with Gasteiger partial charge in [0, 0.05) is 31.2 Å². The Balaban J connectivity index is 0.00000225. The Bertz CT molecular complexity index is 631. The molecule has 2 saturated heterocycles. The number of benzene rings is 1. The smallest absolute Gasteiger partial charge is 0.220 e. The van der Waals surface area contributed by atoms with Crippen LogP contribution in [0.5, 0.6) is 0 Å². The third-order valence-corrected chi connectivity index (χ3v) is 6.65. The van der Waals surface area contributed by atoms with Crippen molar-refractivity contribution >= 4 is 36.4 Å². The summed E-state index contributed by atoms with van der Waals surface area (Å²) in [7, 11) is 0. The van der Waals surface area contributed by atoms with E-state index in [0.29, 0.717) is 24.3 Å². The van der Waals surface area contributed by atoms with Crippen LogP contribution in [0.25, 0.3) is 0 Å². The molecule has 30 heavy (non-hydrogen) atoms. The Hall–Kier alpha value is -0.970. The van der Waals surface area contributed by atoms with Gasteiger partial charge in [0.25, 0.3) is 0 Å². The van der Waals surface area contributed by atoms with Crippen LogP contribution in [0, 0.1) is 11.8 Å². The van der Waals surface area contributed by atoms with Gasteiger partial charge < -0.3 is 15.5 Å². The number of rotatable bonds is 5. The molecule has 1 atom stereocenters. The van der Waals surface area contributed by atoms with Crippen molar-refractivity contribution in [2.24, 2.45) is 11.8 Å². The molecule has 1 aromatic carbocycles. The topological polar surface area (TPSA) is 44.4 Å². The van der Waals surface area contributed by atoms with Crippen molar-refractivity contribution in [1.29, 1.82) is 0 Å². The molecule has 2 N–H and O–H groups in total. The molecule has 1 amide bonds. The van der Waals surface area contributed by atoms with Crippen molar-refractivity contribution in [3.05, 3.63) is 29.8 Å². The molecule has 3 rings (SSSR count). The number of carbonyl (C=O) groups is 1. The van der Waals surface area contributed by atoms with Crippen molar-refractivity contribution in [3.8, 4) is 0 Å². The third-order valence-electron chi connectivity index (χ3n) is 6.65. The van der Waals surface area contributed by atoms with Gasteiger partial charge in [-0.1, -0.05) is 39.8 Å². The van der Waals surface area contributed by atoms with Crippen LogP contribution in [0.15, 0.2) is 24.3 Å². The van der Waals surface area contributed by atoms with Gasteiger partial charge in [0.15, 0.2) is 0 Å². The SMILES string of the molecule is CC(CC(=O)NC1CCN(c2ccc(C(C)(C)C)cc2)CC1)C1CCNCC1.Cl.Cl. The molecule has 0 radical (unpaired) electrons. The number of anilines is 1. The van der Waals surface area contributed by atoms with Crippen LogP contribution >= 0.6 is 24.8 Å². The number of hydrogen-bond donors (Lipinski definition) is 2. The van der Waals surface area contributed by atoms with E-state index in [0.717, 1.165) is 39.0 Å². The lowest BCUT2D eigenvalue weighted by Crippen LogP contribution is -2.45. The number of nitrogens with zero attached hydrogens (tertiary/aromatic N) is 1. The Morgan fingerprint density at radius 1 is 1.07 bits per heavy atom. The van der Waals surface area contributed by atoms with E-state index in [1.54, 1.807) is 0 Å². The fraction of sp³-hybridized carbons (Fsp3) is 0.708. The summed E-state index contributed by atoms with van der Waals surface area (Å²) in [6.45, 7) is 13.2. The minimum absolute atomic E-state index is 0. The highest BCUT2D eigenvalue weighted by Crippen LogP contribution is 2.27. The lowest BCUT2D eigenvalue weighted by Gasteiger charge is -2.35. The number of hydrogen-bond acceptors (Lipinski definition) is 3. The fourth-order valence-electron chi connectivity index (χ4n) is 4.61. The lowest BCUT2D eigenvalue weighted by atomic mass is 9.84. The monoisotopic (exact) mass is 457 g/mol.